The van der Waals surface area contributed by atoms with Crippen molar-refractivity contribution >= 4 is 17.6 Å². The molecule has 24 heavy (non-hydrogen) atoms. The van der Waals surface area contributed by atoms with Gasteiger partial charge < -0.3 is 20.3 Å². The van der Waals surface area contributed by atoms with E-state index in [-0.39, 0.29) is 17.4 Å². The number of hydrogen-bond acceptors (Lipinski definition) is 3. The monoisotopic (exact) mass is 333 g/mol. The van der Waals surface area contributed by atoms with Crippen molar-refractivity contribution in [3.8, 4) is 5.75 Å². The van der Waals surface area contributed by atoms with Crippen molar-refractivity contribution in [2.45, 2.75) is 40.2 Å². The largest absolute Gasteiger partial charge is 0.479 e. The van der Waals surface area contributed by atoms with Gasteiger partial charge in [0, 0.05) is 20.1 Å². The van der Waals surface area contributed by atoms with E-state index in [2.05, 4.69) is 31.4 Å². The van der Waals surface area contributed by atoms with E-state index in [1.165, 1.54) is 0 Å². The molecule has 0 saturated heterocycles. The number of amides is 3. The highest BCUT2D eigenvalue weighted by Gasteiger charge is 2.28. The summed E-state index contributed by atoms with van der Waals surface area (Å²) in [7, 11) is 1.75. The summed E-state index contributed by atoms with van der Waals surface area (Å²) in [5.41, 5.74) is 1.87. The Balaban J connectivity index is 1.89. The molecule has 6 nitrogen and oxygen atoms in total. The van der Waals surface area contributed by atoms with E-state index in [0.717, 1.165) is 11.3 Å². The Hall–Kier alpha value is -2.24. The number of nitrogens with one attached hydrogen (secondary N) is 2. The van der Waals surface area contributed by atoms with Gasteiger partial charge in [-0.3, -0.25) is 4.79 Å². The summed E-state index contributed by atoms with van der Waals surface area (Å²) in [5, 5.41) is 5.70. The lowest BCUT2D eigenvalue weighted by atomic mass is 9.97. The highest BCUT2D eigenvalue weighted by atomic mass is 16.5. The van der Waals surface area contributed by atoms with Crippen LogP contribution in [0.15, 0.2) is 18.2 Å². The van der Waals surface area contributed by atoms with Crippen LogP contribution in [0.3, 0.4) is 0 Å². The second-order valence-corrected chi connectivity index (χ2v) is 7.38. The van der Waals surface area contributed by atoms with Gasteiger partial charge in [0.15, 0.2) is 6.10 Å². The molecule has 2 rings (SSSR count). The van der Waals surface area contributed by atoms with Crippen LogP contribution in [-0.2, 0) is 11.2 Å². The fourth-order valence-corrected chi connectivity index (χ4v) is 2.44. The van der Waals surface area contributed by atoms with E-state index in [1.54, 1.807) is 18.9 Å². The number of ether oxygens (including phenoxy) is 1. The molecule has 3 amide bonds. The predicted molar refractivity (Wildman–Crippen MR) is 94.5 cm³/mol. The summed E-state index contributed by atoms with van der Waals surface area (Å²) in [6.07, 6.45) is 0.231. The first-order valence-corrected chi connectivity index (χ1v) is 8.26. The summed E-state index contributed by atoms with van der Waals surface area (Å²) < 4.78 is 5.60. The van der Waals surface area contributed by atoms with Crippen molar-refractivity contribution < 1.29 is 14.3 Å². The van der Waals surface area contributed by atoms with Crippen molar-refractivity contribution in [2.75, 3.05) is 25.0 Å². The minimum atomic E-state index is -0.457. The first kappa shape index (κ1) is 18.1. The van der Waals surface area contributed by atoms with Gasteiger partial charge in [0.2, 0.25) is 0 Å². The fraction of sp³-hybridized carbons (Fsp3) is 0.556. The highest BCUT2D eigenvalue weighted by Crippen LogP contribution is 2.33. The Labute approximate surface area is 143 Å². The molecule has 0 aromatic heterocycles. The molecular weight excluding hydrogens is 306 g/mol. The average Bonchev–Trinajstić information content (AvgIpc) is 2.51. The lowest BCUT2D eigenvalue weighted by Crippen LogP contribution is -2.42. The van der Waals surface area contributed by atoms with Gasteiger partial charge in [-0.15, -0.1) is 0 Å². The maximum Gasteiger partial charge on any atom is 0.314 e. The van der Waals surface area contributed by atoms with Crippen molar-refractivity contribution in [1.29, 1.82) is 0 Å². The van der Waals surface area contributed by atoms with Crippen LogP contribution in [0.4, 0.5) is 10.5 Å². The Bertz CT molecular complexity index is 622. The number of carbonyl (C=O) groups excluding carboxylic acids is 2. The number of anilines is 1. The topological polar surface area (TPSA) is 70.7 Å². The molecule has 1 aromatic rings. The second-order valence-electron chi connectivity index (χ2n) is 7.38. The van der Waals surface area contributed by atoms with Crippen molar-refractivity contribution in [3.63, 3.8) is 0 Å². The quantitative estimate of drug-likeness (QED) is 0.888. The fourth-order valence-electron chi connectivity index (χ4n) is 2.44. The number of rotatable bonds is 4. The molecule has 1 aromatic carbocycles. The SMILES string of the molecule is CC1Oc2ccc(CCNC(=O)NCC(C)(C)C)cc2N(C)C1=O. The van der Waals surface area contributed by atoms with E-state index in [9.17, 15) is 9.59 Å². The van der Waals surface area contributed by atoms with Crippen LogP contribution in [0, 0.1) is 5.41 Å². The van der Waals surface area contributed by atoms with E-state index < -0.39 is 6.10 Å². The predicted octanol–water partition coefficient (Wildman–Crippen LogP) is 2.32. The maximum absolute atomic E-state index is 12.0. The van der Waals surface area contributed by atoms with Crippen LogP contribution in [-0.4, -0.2) is 38.2 Å². The van der Waals surface area contributed by atoms with Crippen LogP contribution in [0.2, 0.25) is 0 Å². The van der Waals surface area contributed by atoms with Crippen molar-refractivity contribution in [1.82, 2.24) is 10.6 Å². The molecule has 0 radical (unpaired) electrons. The van der Waals surface area contributed by atoms with E-state index >= 15 is 0 Å². The molecule has 1 atom stereocenters. The van der Waals surface area contributed by atoms with Gasteiger partial charge in [-0.05, 0) is 36.5 Å². The van der Waals surface area contributed by atoms with Gasteiger partial charge in [0.1, 0.15) is 5.75 Å². The molecule has 132 valence electrons. The highest BCUT2D eigenvalue weighted by molar-refractivity contribution is 5.99. The number of hydrogen-bond donors (Lipinski definition) is 2. The van der Waals surface area contributed by atoms with Crippen molar-refractivity contribution in [3.05, 3.63) is 23.8 Å². The summed E-state index contributed by atoms with van der Waals surface area (Å²) in [5.74, 6) is 0.656. The van der Waals surface area contributed by atoms with Crippen molar-refractivity contribution in [2.24, 2.45) is 5.41 Å². The van der Waals surface area contributed by atoms with Crippen LogP contribution in [0.25, 0.3) is 0 Å². The lowest BCUT2D eigenvalue weighted by Gasteiger charge is -2.30. The maximum atomic E-state index is 12.0. The summed E-state index contributed by atoms with van der Waals surface area (Å²) in [6, 6.07) is 5.62. The standard InChI is InChI=1S/C18H27N3O3/c1-12-16(22)21(5)14-10-13(6-7-15(14)24-12)8-9-19-17(23)20-11-18(2,3)4/h6-7,10,12H,8-9,11H2,1-5H3,(H2,19,20,23). The van der Waals surface area contributed by atoms with Crippen LogP contribution in [0.5, 0.6) is 5.75 Å². The minimum absolute atomic E-state index is 0.0562. The van der Waals surface area contributed by atoms with Gasteiger partial charge in [-0.1, -0.05) is 26.8 Å². The Morgan fingerprint density at radius 3 is 2.67 bits per heavy atom. The first-order chi connectivity index (χ1) is 11.2. The smallest absolute Gasteiger partial charge is 0.314 e. The van der Waals surface area contributed by atoms with E-state index in [4.69, 9.17) is 4.74 Å². The van der Waals surface area contributed by atoms with Gasteiger partial charge in [-0.25, -0.2) is 4.79 Å². The molecule has 0 bridgehead atoms. The number of nitrogens with zero attached hydrogens (tertiary/aromatic N) is 1. The molecule has 1 unspecified atom stereocenters. The zero-order valence-electron chi connectivity index (χ0n) is 15.1. The molecule has 0 aliphatic carbocycles. The molecule has 0 spiro atoms. The molecule has 0 fully saturated rings. The molecule has 1 aliphatic heterocycles. The van der Waals surface area contributed by atoms with Gasteiger partial charge >= 0.3 is 6.03 Å². The molecule has 0 saturated carbocycles. The average molecular weight is 333 g/mol. The molecule has 1 heterocycles. The lowest BCUT2D eigenvalue weighted by molar-refractivity contribution is -0.125. The number of urea groups is 1. The third-order valence-corrected chi connectivity index (χ3v) is 3.85. The number of fused-ring (bicyclic) bond motifs is 1. The molecule has 1 aliphatic rings. The zero-order valence-corrected chi connectivity index (χ0v) is 15.1. The van der Waals surface area contributed by atoms with E-state index in [0.29, 0.717) is 25.3 Å². The normalized spacial score (nSPS) is 17.1. The number of carbonyl (C=O) groups is 2. The van der Waals surface area contributed by atoms with E-state index in [1.807, 2.05) is 18.2 Å². The Morgan fingerprint density at radius 1 is 1.29 bits per heavy atom. The van der Waals surface area contributed by atoms with Gasteiger partial charge in [0.25, 0.3) is 5.91 Å². The van der Waals surface area contributed by atoms with Gasteiger partial charge in [0.05, 0.1) is 5.69 Å². The van der Waals surface area contributed by atoms with Crippen LogP contribution in [0.1, 0.15) is 33.3 Å². The number of benzene rings is 1. The van der Waals surface area contributed by atoms with Gasteiger partial charge in [-0.2, -0.15) is 0 Å². The van der Waals surface area contributed by atoms with Crippen LogP contribution < -0.4 is 20.3 Å². The third-order valence-electron chi connectivity index (χ3n) is 3.85. The molecule has 6 heteroatoms. The molecule has 2 N–H and O–H groups in total. The Kier molecular flexibility index (Phi) is 5.36. The third kappa shape index (κ3) is 4.63. The minimum Gasteiger partial charge on any atom is -0.479 e. The van der Waals surface area contributed by atoms with Crippen LogP contribution >= 0.6 is 0 Å². The molecular formula is C18H27N3O3. The first-order valence-electron chi connectivity index (χ1n) is 8.26. The Morgan fingerprint density at radius 2 is 2.00 bits per heavy atom. The summed E-state index contributed by atoms with van der Waals surface area (Å²) >= 11 is 0. The second kappa shape index (κ2) is 7.11. The summed E-state index contributed by atoms with van der Waals surface area (Å²) in [4.78, 5) is 25.4. The number of likely N-dealkylation sites (N-methyl/N-ethyl adjacent to an activating group) is 1. The zero-order chi connectivity index (χ0) is 17.9. The summed E-state index contributed by atoms with van der Waals surface area (Å²) in [6.45, 7) is 9.11.